The van der Waals surface area contributed by atoms with Crippen LogP contribution in [0.15, 0.2) is 0 Å². The summed E-state index contributed by atoms with van der Waals surface area (Å²) in [6.07, 6.45) is 4.16. The van der Waals surface area contributed by atoms with Gasteiger partial charge in [-0.25, -0.2) is 0 Å². The van der Waals surface area contributed by atoms with E-state index in [4.69, 9.17) is 4.74 Å². The Balaban J connectivity index is 3.96. The first-order valence-corrected chi connectivity index (χ1v) is 7.04. The molecule has 1 unspecified atom stereocenters. The third kappa shape index (κ3) is 6.36. The van der Waals surface area contributed by atoms with Gasteiger partial charge < -0.3 is 15.0 Å². The van der Waals surface area contributed by atoms with Crippen LogP contribution in [0.25, 0.3) is 0 Å². The van der Waals surface area contributed by atoms with Gasteiger partial charge in [-0.1, -0.05) is 6.92 Å². The number of carbonyl (C=O) groups excluding carboxylic acids is 1. The van der Waals surface area contributed by atoms with Crippen LogP contribution in [-0.2, 0) is 9.53 Å². The number of unbranched alkanes of at least 4 members (excludes halogenated alkanes) is 1. The van der Waals surface area contributed by atoms with Crippen LogP contribution in [0.4, 0.5) is 0 Å². The van der Waals surface area contributed by atoms with E-state index in [1.807, 2.05) is 20.9 Å². The Hall–Kier alpha value is -0.610. The van der Waals surface area contributed by atoms with E-state index in [1.165, 1.54) is 6.42 Å². The first-order chi connectivity index (χ1) is 8.50. The van der Waals surface area contributed by atoms with Gasteiger partial charge in [-0.05, 0) is 66.7 Å². The maximum Gasteiger partial charge on any atom is 0.326 e. The molecular weight excluding hydrogens is 228 g/mol. The van der Waals surface area contributed by atoms with E-state index in [2.05, 4.69) is 24.2 Å². The largest absolute Gasteiger partial charge is 0.465 e. The highest BCUT2D eigenvalue weighted by Crippen LogP contribution is 2.15. The Morgan fingerprint density at radius 1 is 1.28 bits per heavy atom. The summed E-state index contributed by atoms with van der Waals surface area (Å²) in [6, 6.07) is 0. The van der Waals surface area contributed by atoms with Crippen molar-refractivity contribution in [2.45, 2.75) is 52.0 Å². The van der Waals surface area contributed by atoms with Crippen molar-refractivity contribution in [3.05, 3.63) is 0 Å². The number of likely N-dealkylation sites (N-methyl/N-ethyl adjacent to an activating group) is 1. The van der Waals surface area contributed by atoms with E-state index in [0.29, 0.717) is 6.61 Å². The third-order valence-electron chi connectivity index (χ3n) is 3.35. The van der Waals surface area contributed by atoms with Crippen LogP contribution in [0, 0.1) is 0 Å². The predicted molar refractivity (Wildman–Crippen MR) is 75.7 cm³/mol. The molecule has 0 bridgehead atoms. The summed E-state index contributed by atoms with van der Waals surface area (Å²) < 4.78 is 5.10. The Morgan fingerprint density at radius 2 is 1.94 bits per heavy atom. The molecule has 0 aliphatic heterocycles. The van der Waals surface area contributed by atoms with E-state index >= 15 is 0 Å². The van der Waals surface area contributed by atoms with Crippen molar-refractivity contribution in [1.82, 2.24) is 10.2 Å². The zero-order valence-electron chi connectivity index (χ0n) is 12.7. The summed E-state index contributed by atoms with van der Waals surface area (Å²) in [5.74, 6) is -0.144. The van der Waals surface area contributed by atoms with Gasteiger partial charge in [0.1, 0.15) is 5.54 Å². The van der Waals surface area contributed by atoms with Crippen molar-refractivity contribution in [3.63, 3.8) is 0 Å². The number of nitrogens with one attached hydrogen (secondary N) is 1. The highest BCUT2D eigenvalue weighted by atomic mass is 16.5. The molecule has 18 heavy (non-hydrogen) atoms. The van der Waals surface area contributed by atoms with Gasteiger partial charge in [0.2, 0.25) is 0 Å². The number of hydrogen-bond acceptors (Lipinski definition) is 4. The van der Waals surface area contributed by atoms with Gasteiger partial charge in [-0.15, -0.1) is 0 Å². The molecule has 1 atom stereocenters. The third-order valence-corrected chi connectivity index (χ3v) is 3.35. The molecule has 0 aromatic carbocycles. The van der Waals surface area contributed by atoms with Crippen molar-refractivity contribution in [1.29, 1.82) is 0 Å². The molecule has 0 aromatic rings. The van der Waals surface area contributed by atoms with Crippen LogP contribution in [0.1, 0.15) is 46.5 Å². The summed E-state index contributed by atoms with van der Waals surface area (Å²) in [6.45, 7) is 8.62. The maximum absolute atomic E-state index is 11.8. The minimum atomic E-state index is -0.542. The quantitative estimate of drug-likeness (QED) is 0.481. The Bertz CT molecular complexity index is 234. The van der Waals surface area contributed by atoms with E-state index in [1.54, 1.807) is 0 Å². The first-order valence-electron chi connectivity index (χ1n) is 7.04. The van der Waals surface area contributed by atoms with Crippen LogP contribution in [0.5, 0.6) is 0 Å². The molecule has 4 nitrogen and oxygen atoms in total. The summed E-state index contributed by atoms with van der Waals surface area (Å²) in [4.78, 5) is 14.2. The molecule has 0 fully saturated rings. The predicted octanol–water partition coefficient (Wildman–Crippen LogP) is 2.04. The lowest BCUT2D eigenvalue weighted by Gasteiger charge is -2.27. The number of esters is 1. The molecule has 0 radical (unpaired) electrons. The van der Waals surface area contributed by atoms with E-state index in [9.17, 15) is 4.79 Å². The second-order valence-electron chi connectivity index (χ2n) is 5.06. The number of ether oxygens (including phenoxy) is 1. The molecule has 0 saturated carbocycles. The fourth-order valence-corrected chi connectivity index (χ4v) is 1.97. The second-order valence-corrected chi connectivity index (χ2v) is 5.06. The van der Waals surface area contributed by atoms with Crippen molar-refractivity contribution in [2.75, 3.05) is 33.8 Å². The topological polar surface area (TPSA) is 41.6 Å². The van der Waals surface area contributed by atoms with Gasteiger partial charge in [0.05, 0.1) is 6.61 Å². The molecule has 0 spiro atoms. The summed E-state index contributed by atoms with van der Waals surface area (Å²) in [7, 11) is 3.96. The van der Waals surface area contributed by atoms with Crippen LogP contribution in [0.2, 0.25) is 0 Å². The van der Waals surface area contributed by atoms with Crippen molar-refractivity contribution >= 4 is 5.97 Å². The Kier molecular flexibility index (Phi) is 9.02. The van der Waals surface area contributed by atoms with Crippen LogP contribution >= 0.6 is 0 Å². The molecule has 1 N–H and O–H groups in total. The number of carbonyl (C=O) groups is 1. The van der Waals surface area contributed by atoms with E-state index < -0.39 is 5.54 Å². The summed E-state index contributed by atoms with van der Waals surface area (Å²) in [5, 5.41) is 3.09. The molecule has 0 aromatic heterocycles. The number of hydrogen-bond donors (Lipinski definition) is 1. The Labute approximate surface area is 112 Å². The highest BCUT2D eigenvalue weighted by molar-refractivity contribution is 5.80. The molecular formula is C14H30N2O2. The average molecular weight is 258 g/mol. The van der Waals surface area contributed by atoms with Gasteiger partial charge in [-0.2, -0.15) is 0 Å². The van der Waals surface area contributed by atoms with Gasteiger partial charge in [0, 0.05) is 0 Å². The summed E-state index contributed by atoms with van der Waals surface area (Å²) >= 11 is 0. The summed E-state index contributed by atoms with van der Waals surface area (Å²) in [5.41, 5.74) is -0.542. The molecule has 0 rings (SSSR count). The van der Waals surface area contributed by atoms with Crippen molar-refractivity contribution < 1.29 is 9.53 Å². The average Bonchev–Trinajstić information content (AvgIpc) is 2.35. The molecule has 0 heterocycles. The first kappa shape index (κ1) is 17.4. The molecule has 0 amide bonds. The molecule has 0 aliphatic rings. The maximum atomic E-state index is 11.8. The molecule has 0 aliphatic carbocycles. The fourth-order valence-electron chi connectivity index (χ4n) is 1.97. The Morgan fingerprint density at radius 3 is 2.44 bits per heavy atom. The monoisotopic (exact) mass is 258 g/mol. The second kappa shape index (κ2) is 9.34. The normalized spacial score (nSPS) is 14.6. The fraction of sp³-hybridized carbons (Fsp3) is 0.929. The SMILES string of the molecule is CCCN(C)CCCCC(C)(NC)C(=O)OCC. The standard InChI is InChI=1S/C14H30N2O2/c1-6-11-16(5)12-9-8-10-14(3,15-4)13(17)18-7-2/h15H,6-12H2,1-5H3. The van der Waals surface area contributed by atoms with Gasteiger partial charge in [0.15, 0.2) is 0 Å². The lowest BCUT2D eigenvalue weighted by atomic mass is 9.95. The lowest BCUT2D eigenvalue weighted by molar-refractivity contribution is -0.150. The minimum absolute atomic E-state index is 0.144. The molecule has 0 saturated heterocycles. The van der Waals surface area contributed by atoms with E-state index in [0.717, 1.165) is 32.4 Å². The lowest BCUT2D eigenvalue weighted by Crippen LogP contribution is -2.48. The number of rotatable bonds is 10. The van der Waals surface area contributed by atoms with Crippen molar-refractivity contribution in [2.24, 2.45) is 0 Å². The number of nitrogens with zero attached hydrogens (tertiary/aromatic N) is 1. The molecule has 4 heteroatoms. The van der Waals surface area contributed by atoms with Gasteiger partial charge in [-0.3, -0.25) is 4.79 Å². The zero-order chi connectivity index (χ0) is 14.0. The van der Waals surface area contributed by atoms with Gasteiger partial charge >= 0.3 is 5.97 Å². The molecule has 108 valence electrons. The highest BCUT2D eigenvalue weighted by Gasteiger charge is 2.32. The minimum Gasteiger partial charge on any atom is -0.465 e. The van der Waals surface area contributed by atoms with Crippen LogP contribution in [-0.4, -0.2) is 50.2 Å². The zero-order valence-corrected chi connectivity index (χ0v) is 12.7. The van der Waals surface area contributed by atoms with Gasteiger partial charge in [0.25, 0.3) is 0 Å². The van der Waals surface area contributed by atoms with Crippen LogP contribution < -0.4 is 5.32 Å². The smallest absolute Gasteiger partial charge is 0.326 e. The van der Waals surface area contributed by atoms with E-state index in [-0.39, 0.29) is 5.97 Å². The van der Waals surface area contributed by atoms with Crippen LogP contribution in [0.3, 0.4) is 0 Å². The van der Waals surface area contributed by atoms with Crippen molar-refractivity contribution in [3.8, 4) is 0 Å².